The van der Waals surface area contributed by atoms with E-state index in [1.54, 1.807) is 36.4 Å². The molecule has 1 aliphatic heterocycles. The lowest BCUT2D eigenvalue weighted by atomic mass is 9.91. The lowest BCUT2D eigenvalue weighted by molar-refractivity contribution is 0.159. The number of hydrogen-bond donors (Lipinski definition) is 0. The Balaban J connectivity index is 1.52. The number of fused-ring (bicyclic) bond motifs is 1. The number of anilines is 1. The van der Waals surface area contributed by atoms with E-state index in [0.29, 0.717) is 22.5 Å². The molecule has 0 spiro atoms. The fourth-order valence-electron chi connectivity index (χ4n) is 5.18. The van der Waals surface area contributed by atoms with E-state index in [-0.39, 0.29) is 10.9 Å². The fourth-order valence-corrected chi connectivity index (χ4v) is 6.50. The Morgan fingerprint density at radius 3 is 2.47 bits per heavy atom. The molecule has 1 fully saturated rings. The van der Waals surface area contributed by atoms with Crippen molar-refractivity contribution in [2.75, 3.05) is 25.0 Å². The number of rotatable bonds is 6. The van der Waals surface area contributed by atoms with Crippen molar-refractivity contribution in [3.63, 3.8) is 0 Å². The molecule has 3 heterocycles. The molecule has 36 heavy (non-hydrogen) atoms. The molecule has 1 aliphatic rings. The first-order chi connectivity index (χ1) is 17.4. The highest BCUT2D eigenvalue weighted by Crippen LogP contribution is 2.35. The largest absolute Gasteiger partial charge is 0.368 e. The molecule has 7 nitrogen and oxygen atoms in total. The number of pyridine rings is 1. The van der Waals surface area contributed by atoms with Crippen molar-refractivity contribution in [1.29, 1.82) is 5.26 Å². The van der Waals surface area contributed by atoms with Gasteiger partial charge >= 0.3 is 0 Å². The van der Waals surface area contributed by atoms with Crippen LogP contribution in [0.25, 0.3) is 11.0 Å². The molecular formula is C28H29N5O2S. The average Bonchev–Trinajstić information content (AvgIpc) is 3.35. The Hall–Kier alpha value is -3.67. The van der Waals surface area contributed by atoms with Crippen LogP contribution in [0.4, 0.5) is 5.69 Å². The van der Waals surface area contributed by atoms with Crippen LogP contribution in [-0.2, 0) is 16.6 Å². The van der Waals surface area contributed by atoms with E-state index < -0.39 is 10.0 Å². The van der Waals surface area contributed by atoms with Gasteiger partial charge in [-0.3, -0.25) is 4.90 Å². The summed E-state index contributed by atoms with van der Waals surface area (Å²) in [5, 5.41) is 10.6. The smallest absolute Gasteiger partial charge is 0.269 e. The summed E-state index contributed by atoms with van der Waals surface area (Å²) in [6.07, 6.45) is 4.06. The van der Waals surface area contributed by atoms with E-state index in [1.165, 1.54) is 21.9 Å². The summed E-state index contributed by atoms with van der Waals surface area (Å²) in [4.78, 5) is 9.21. The van der Waals surface area contributed by atoms with Gasteiger partial charge in [-0.2, -0.15) is 5.26 Å². The van der Waals surface area contributed by atoms with E-state index in [2.05, 4.69) is 52.0 Å². The summed E-state index contributed by atoms with van der Waals surface area (Å²) < 4.78 is 27.9. The molecule has 0 amide bonds. The highest BCUT2D eigenvalue weighted by molar-refractivity contribution is 7.90. The van der Waals surface area contributed by atoms with Crippen molar-refractivity contribution in [2.24, 2.45) is 5.92 Å². The van der Waals surface area contributed by atoms with Gasteiger partial charge in [-0.25, -0.2) is 17.4 Å². The molecule has 2 atom stereocenters. The number of aromatic nitrogens is 2. The Kier molecular flexibility index (Phi) is 6.52. The van der Waals surface area contributed by atoms with Gasteiger partial charge in [0.15, 0.2) is 5.65 Å². The predicted molar refractivity (Wildman–Crippen MR) is 141 cm³/mol. The first-order valence-corrected chi connectivity index (χ1v) is 13.5. The van der Waals surface area contributed by atoms with Crippen LogP contribution in [0.1, 0.15) is 24.5 Å². The molecule has 0 bridgehead atoms. The summed E-state index contributed by atoms with van der Waals surface area (Å²) in [6.45, 7) is 4.99. The van der Waals surface area contributed by atoms with E-state index >= 15 is 0 Å². The quantitative estimate of drug-likeness (QED) is 0.389. The molecule has 1 saturated heterocycles. The van der Waals surface area contributed by atoms with Crippen LogP contribution < -0.4 is 4.90 Å². The van der Waals surface area contributed by atoms with Gasteiger partial charge in [-0.1, -0.05) is 55.5 Å². The summed E-state index contributed by atoms with van der Waals surface area (Å²) in [5.41, 5.74) is 2.76. The number of piperidine rings is 1. The van der Waals surface area contributed by atoms with Crippen molar-refractivity contribution in [3.8, 4) is 6.07 Å². The van der Waals surface area contributed by atoms with Crippen molar-refractivity contribution >= 4 is 26.7 Å². The summed E-state index contributed by atoms with van der Waals surface area (Å²) >= 11 is 0. The van der Waals surface area contributed by atoms with Gasteiger partial charge in [0.05, 0.1) is 16.1 Å². The molecule has 2 aromatic heterocycles. The number of likely N-dealkylation sites (tertiary alicyclic amines) is 1. The Bertz CT molecular complexity index is 1510. The monoisotopic (exact) mass is 499 g/mol. The van der Waals surface area contributed by atoms with Crippen molar-refractivity contribution in [2.45, 2.75) is 30.8 Å². The third-order valence-electron chi connectivity index (χ3n) is 7.17. The molecule has 0 saturated carbocycles. The second-order valence-corrected chi connectivity index (χ2v) is 11.3. The van der Waals surface area contributed by atoms with Crippen LogP contribution in [0, 0.1) is 17.2 Å². The minimum atomic E-state index is -3.82. The van der Waals surface area contributed by atoms with Crippen molar-refractivity contribution in [1.82, 2.24) is 13.9 Å². The van der Waals surface area contributed by atoms with Gasteiger partial charge in [-0.15, -0.1) is 0 Å². The second-order valence-electron chi connectivity index (χ2n) is 9.46. The lowest BCUT2D eigenvalue weighted by Gasteiger charge is -2.43. The topological polar surface area (TPSA) is 82.2 Å². The maximum Gasteiger partial charge on any atom is 0.269 e. The average molecular weight is 500 g/mol. The van der Waals surface area contributed by atoms with Crippen LogP contribution in [0.2, 0.25) is 0 Å². The fraction of sp³-hybridized carbons (Fsp3) is 0.286. The molecule has 0 radical (unpaired) electrons. The van der Waals surface area contributed by atoms with Crippen LogP contribution in [0.3, 0.4) is 0 Å². The van der Waals surface area contributed by atoms with Crippen molar-refractivity contribution < 1.29 is 8.42 Å². The first-order valence-electron chi connectivity index (χ1n) is 12.1. The molecule has 5 rings (SSSR count). The molecule has 4 aromatic rings. The maximum absolute atomic E-state index is 13.4. The second kappa shape index (κ2) is 9.76. The minimum Gasteiger partial charge on any atom is -0.368 e. The molecule has 0 unspecified atom stereocenters. The highest BCUT2D eigenvalue weighted by atomic mass is 32.2. The minimum absolute atomic E-state index is 0.161. The number of hydrogen-bond acceptors (Lipinski definition) is 6. The molecule has 184 valence electrons. The van der Waals surface area contributed by atoms with Gasteiger partial charge in [0.1, 0.15) is 6.07 Å². The van der Waals surface area contributed by atoms with Gasteiger partial charge in [0.25, 0.3) is 10.0 Å². The van der Waals surface area contributed by atoms with Gasteiger partial charge in [0.2, 0.25) is 0 Å². The molecule has 8 heteroatoms. The van der Waals surface area contributed by atoms with Gasteiger partial charge in [0, 0.05) is 44.0 Å². The third-order valence-corrected chi connectivity index (χ3v) is 8.86. The molecular weight excluding hydrogens is 470 g/mol. The Morgan fingerprint density at radius 2 is 1.78 bits per heavy atom. The standard InChI is InChI=1S/C28H29N5O2S/c1-21-13-15-32(19-22-9-5-3-6-10-22)20-26(21)31(2)27-23(17-29)18-30-28-25(27)14-16-33(28)36(34,35)24-11-7-4-8-12-24/h3-12,14,16,18,21,26H,13,15,19-20H2,1-2H3/t21-,26+/m1/s1. The zero-order valence-electron chi connectivity index (χ0n) is 20.4. The number of nitriles is 1. The van der Waals surface area contributed by atoms with E-state index in [0.717, 1.165) is 31.7 Å². The summed E-state index contributed by atoms with van der Waals surface area (Å²) in [6, 6.07) is 23.0. The molecule has 2 aromatic carbocycles. The van der Waals surface area contributed by atoms with Crippen LogP contribution in [0.5, 0.6) is 0 Å². The van der Waals surface area contributed by atoms with Gasteiger partial charge in [-0.05, 0) is 42.6 Å². The van der Waals surface area contributed by atoms with Crippen molar-refractivity contribution in [3.05, 3.63) is 90.3 Å². The first kappa shape index (κ1) is 24.0. The van der Waals surface area contributed by atoms with Crippen LogP contribution in [-0.4, -0.2) is 48.5 Å². The predicted octanol–water partition coefficient (Wildman–Crippen LogP) is 4.49. The molecule has 0 aliphatic carbocycles. The highest BCUT2D eigenvalue weighted by Gasteiger charge is 2.32. The SMILES string of the molecule is C[C@@H]1CCN(Cc2ccccc2)C[C@@H]1N(C)c1c(C#N)cnc2c1ccn2S(=O)(=O)c1ccccc1. The Labute approximate surface area is 212 Å². The number of likely N-dealkylation sites (N-methyl/N-ethyl adjacent to an activating group) is 1. The summed E-state index contributed by atoms with van der Waals surface area (Å²) in [5.74, 6) is 0.409. The number of benzene rings is 2. The van der Waals surface area contributed by atoms with Crippen LogP contribution in [0.15, 0.2) is 84.0 Å². The summed E-state index contributed by atoms with van der Waals surface area (Å²) in [7, 11) is -1.81. The Morgan fingerprint density at radius 1 is 1.08 bits per heavy atom. The van der Waals surface area contributed by atoms with Crippen LogP contribution >= 0.6 is 0 Å². The van der Waals surface area contributed by atoms with E-state index in [9.17, 15) is 13.7 Å². The van der Waals surface area contributed by atoms with E-state index in [1.807, 2.05) is 13.1 Å². The molecule has 0 N–H and O–H groups in total. The third kappa shape index (κ3) is 4.36. The number of nitrogens with zero attached hydrogens (tertiary/aromatic N) is 5. The van der Waals surface area contributed by atoms with E-state index in [4.69, 9.17) is 0 Å². The van der Waals surface area contributed by atoms with Gasteiger partial charge < -0.3 is 4.90 Å². The zero-order chi connectivity index (χ0) is 25.3. The zero-order valence-corrected chi connectivity index (χ0v) is 21.3. The maximum atomic E-state index is 13.4. The lowest BCUT2D eigenvalue weighted by Crippen LogP contribution is -2.50. The normalized spacial score (nSPS) is 18.7.